The zero-order valence-corrected chi connectivity index (χ0v) is 12.3. The highest BCUT2D eigenvalue weighted by Crippen LogP contribution is 2.20. The summed E-state index contributed by atoms with van der Waals surface area (Å²) in [4.78, 5) is 19.3. The Morgan fingerprint density at radius 3 is 2.42 bits per heavy atom. The van der Waals surface area contributed by atoms with Crippen LogP contribution in [0.3, 0.4) is 0 Å². The fourth-order valence-electron chi connectivity index (χ4n) is 3.13. The van der Waals surface area contributed by atoms with Crippen LogP contribution in [0.2, 0.25) is 0 Å². The van der Waals surface area contributed by atoms with E-state index in [9.17, 15) is 4.79 Å². The summed E-state index contributed by atoms with van der Waals surface area (Å²) in [6.45, 7) is 5.81. The lowest BCUT2D eigenvalue weighted by Gasteiger charge is -2.22. The fourth-order valence-corrected chi connectivity index (χ4v) is 3.13. The van der Waals surface area contributed by atoms with Gasteiger partial charge in [0.1, 0.15) is 5.82 Å². The molecule has 0 aliphatic heterocycles. The molecule has 1 unspecified atom stereocenters. The first-order chi connectivity index (χ1) is 9.08. The Bertz CT molecular complexity index is 473. The molecular weight excluding hydrogens is 238 g/mol. The Hall–Kier alpha value is -1.16. The van der Waals surface area contributed by atoms with Crippen molar-refractivity contribution < 1.29 is 0 Å². The van der Waals surface area contributed by atoms with Gasteiger partial charge in [-0.05, 0) is 33.6 Å². The van der Waals surface area contributed by atoms with Crippen LogP contribution in [0.4, 0.5) is 0 Å². The van der Waals surface area contributed by atoms with Crippen molar-refractivity contribution in [2.45, 2.75) is 71.4 Å². The molecule has 1 aliphatic rings. The van der Waals surface area contributed by atoms with Crippen LogP contribution >= 0.6 is 0 Å². The normalized spacial score (nSPS) is 19.1. The van der Waals surface area contributed by atoms with Crippen molar-refractivity contribution in [3.63, 3.8) is 0 Å². The van der Waals surface area contributed by atoms with E-state index in [-0.39, 0.29) is 11.6 Å². The van der Waals surface area contributed by atoms with Crippen molar-refractivity contribution in [1.29, 1.82) is 0 Å². The summed E-state index contributed by atoms with van der Waals surface area (Å²) in [5.74, 6) is 0.688. The van der Waals surface area contributed by atoms with E-state index in [1.165, 1.54) is 38.5 Å². The fraction of sp³-hybridized carbons (Fsp3) is 0.733. The molecule has 106 valence electrons. The number of hydrogen-bond acceptors (Lipinski definition) is 3. The highest BCUT2D eigenvalue weighted by atomic mass is 16.1. The van der Waals surface area contributed by atoms with Crippen molar-refractivity contribution in [3.05, 3.63) is 27.4 Å². The van der Waals surface area contributed by atoms with Gasteiger partial charge in [-0.3, -0.25) is 4.79 Å². The third-order valence-electron chi connectivity index (χ3n) is 4.04. The predicted molar refractivity (Wildman–Crippen MR) is 77.4 cm³/mol. The SMILES string of the molecule is Cc1nc(C)c(C(C)NC2CCCCCC2)c(=O)[nH]1. The quantitative estimate of drug-likeness (QED) is 0.824. The minimum absolute atomic E-state index is 0.00128. The lowest BCUT2D eigenvalue weighted by atomic mass is 10.0. The first-order valence-electron chi connectivity index (χ1n) is 7.41. The van der Waals surface area contributed by atoms with Gasteiger partial charge in [-0.1, -0.05) is 25.7 Å². The molecule has 0 spiro atoms. The number of aromatic amines is 1. The second kappa shape index (κ2) is 6.33. The minimum atomic E-state index is -0.00128. The first-order valence-corrected chi connectivity index (χ1v) is 7.41. The highest BCUT2D eigenvalue weighted by molar-refractivity contribution is 5.20. The number of aryl methyl sites for hydroxylation is 2. The standard InChI is InChI=1S/C15H25N3O/c1-10-14(15(19)18-12(3)16-10)11(2)17-13-8-6-4-5-7-9-13/h11,13,17H,4-9H2,1-3H3,(H,16,18,19). The van der Waals surface area contributed by atoms with Gasteiger partial charge in [0.2, 0.25) is 0 Å². The predicted octanol–water partition coefficient (Wildman–Crippen LogP) is 2.76. The molecule has 1 saturated carbocycles. The molecule has 4 nitrogen and oxygen atoms in total. The maximum absolute atomic E-state index is 12.1. The number of rotatable bonds is 3. The third kappa shape index (κ3) is 3.66. The molecule has 2 N–H and O–H groups in total. The van der Waals surface area contributed by atoms with Gasteiger partial charge in [0.25, 0.3) is 5.56 Å². The van der Waals surface area contributed by atoms with Crippen molar-refractivity contribution in [3.8, 4) is 0 Å². The lowest BCUT2D eigenvalue weighted by Crippen LogP contribution is -2.35. The van der Waals surface area contributed by atoms with E-state index in [0.717, 1.165) is 11.3 Å². The molecule has 1 aromatic heterocycles. The first kappa shape index (κ1) is 14.3. The third-order valence-corrected chi connectivity index (χ3v) is 4.04. The van der Waals surface area contributed by atoms with E-state index in [2.05, 4.69) is 22.2 Å². The number of H-pyrrole nitrogens is 1. The molecule has 0 radical (unpaired) electrons. The summed E-state index contributed by atoms with van der Waals surface area (Å²) in [7, 11) is 0. The molecule has 2 rings (SSSR count). The minimum Gasteiger partial charge on any atom is -0.310 e. The highest BCUT2D eigenvalue weighted by Gasteiger charge is 2.19. The Morgan fingerprint density at radius 2 is 1.84 bits per heavy atom. The molecule has 1 aliphatic carbocycles. The van der Waals surface area contributed by atoms with Gasteiger partial charge in [0.05, 0.1) is 5.56 Å². The summed E-state index contributed by atoms with van der Waals surface area (Å²) in [6, 6.07) is 0.609. The van der Waals surface area contributed by atoms with Gasteiger partial charge in [-0.2, -0.15) is 0 Å². The number of nitrogens with zero attached hydrogens (tertiary/aromatic N) is 1. The zero-order chi connectivity index (χ0) is 13.8. The molecule has 4 heteroatoms. The van der Waals surface area contributed by atoms with Gasteiger partial charge in [-0.25, -0.2) is 4.98 Å². The number of aromatic nitrogens is 2. The summed E-state index contributed by atoms with van der Waals surface area (Å²) in [6.07, 6.45) is 7.73. The largest absolute Gasteiger partial charge is 0.310 e. The Morgan fingerprint density at radius 1 is 1.21 bits per heavy atom. The van der Waals surface area contributed by atoms with Crippen LogP contribution in [0, 0.1) is 13.8 Å². The smallest absolute Gasteiger partial charge is 0.255 e. The maximum Gasteiger partial charge on any atom is 0.255 e. The molecule has 0 aromatic carbocycles. The second-order valence-electron chi connectivity index (χ2n) is 5.73. The van der Waals surface area contributed by atoms with Gasteiger partial charge >= 0.3 is 0 Å². The van der Waals surface area contributed by atoms with Gasteiger partial charge in [0, 0.05) is 17.8 Å². The van der Waals surface area contributed by atoms with Gasteiger partial charge in [0.15, 0.2) is 0 Å². The van der Waals surface area contributed by atoms with E-state index >= 15 is 0 Å². The topological polar surface area (TPSA) is 57.8 Å². The Kier molecular flexibility index (Phi) is 4.75. The zero-order valence-electron chi connectivity index (χ0n) is 12.3. The molecule has 0 bridgehead atoms. The molecule has 1 aromatic rings. The van der Waals surface area contributed by atoms with Crippen LogP contribution < -0.4 is 10.9 Å². The van der Waals surface area contributed by atoms with Gasteiger partial charge < -0.3 is 10.3 Å². The van der Waals surface area contributed by atoms with E-state index in [1.807, 2.05) is 13.8 Å². The van der Waals surface area contributed by atoms with Crippen LogP contribution in [0.5, 0.6) is 0 Å². The van der Waals surface area contributed by atoms with E-state index in [0.29, 0.717) is 11.9 Å². The average Bonchev–Trinajstić information content (AvgIpc) is 2.56. The van der Waals surface area contributed by atoms with Crippen LogP contribution in [0.15, 0.2) is 4.79 Å². The molecule has 19 heavy (non-hydrogen) atoms. The van der Waals surface area contributed by atoms with E-state index in [4.69, 9.17) is 0 Å². The van der Waals surface area contributed by atoms with E-state index < -0.39 is 0 Å². The molecule has 1 fully saturated rings. The average molecular weight is 263 g/mol. The molecule has 1 atom stereocenters. The van der Waals surface area contributed by atoms with Crippen LogP contribution in [-0.4, -0.2) is 16.0 Å². The van der Waals surface area contributed by atoms with Crippen LogP contribution in [0.1, 0.15) is 68.6 Å². The second-order valence-corrected chi connectivity index (χ2v) is 5.73. The van der Waals surface area contributed by atoms with Crippen molar-refractivity contribution in [2.75, 3.05) is 0 Å². The van der Waals surface area contributed by atoms with Crippen molar-refractivity contribution >= 4 is 0 Å². The maximum atomic E-state index is 12.1. The summed E-state index contributed by atoms with van der Waals surface area (Å²) < 4.78 is 0. The van der Waals surface area contributed by atoms with E-state index in [1.54, 1.807) is 0 Å². The molecule has 1 heterocycles. The molecule has 0 saturated heterocycles. The Balaban J connectivity index is 2.11. The molecule has 0 amide bonds. The van der Waals surface area contributed by atoms with Gasteiger partial charge in [-0.15, -0.1) is 0 Å². The number of hydrogen-bond donors (Lipinski definition) is 2. The van der Waals surface area contributed by atoms with Crippen molar-refractivity contribution in [2.24, 2.45) is 0 Å². The summed E-state index contributed by atoms with van der Waals surface area (Å²) >= 11 is 0. The summed E-state index contributed by atoms with van der Waals surface area (Å²) in [5, 5.41) is 3.62. The lowest BCUT2D eigenvalue weighted by molar-refractivity contribution is 0.411. The summed E-state index contributed by atoms with van der Waals surface area (Å²) in [5.41, 5.74) is 1.63. The monoisotopic (exact) mass is 263 g/mol. The number of nitrogens with one attached hydrogen (secondary N) is 2. The van der Waals surface area contributed by atoms with Crippen molar-refractivity contribution in [1.82, 2.24) is 15.3 Å². The van der Waals surface area contributed by atoms with Crippen LogP contribution in [0.25, 0.3) is 0 Å². The van der Waals surface area contributed by atoms with Crippen LogP contribution in [-0.2, 0) is 0 Å². The molecular formula is C15H25N3O. The Labute approximate surface area is 115 Å².